The first-order chi connectivity index (χ1) is 10.0. The van der Waals surface area contributed by atoms with Crippen LogP contribution in [-0.2, 0) is 4.79 Å². The lowest BCUT2D eigenvalue weighted by Gasteiger charge is -2.38. The van der Waals surface area contributed by atoms with Gasteiger partial charge in [-0.2, -0.15) is 0 Å². The van der Waals surface area contributed by atoms with Crippen molar-refractivity contribution in [2.75, 3.05) is 6.54 Å². The van der Waals surface area contributed by atoms with Crippen molar-refractivity contribution in [3.05, 3.63) is 11.6 Å². The smallest absolute Gasteiger partial charge is 0.225 e. The Morgan fingerprint density at radius 3 is 2.41 bits per heavy atom. The van der Waals surface area contributed by atoms with E-state index >= 15 is 0 Å². The van der Waals surface area contributed by atoms with Gasteiger partial charge in [-0.05, 0) is 71.6 Å². The Bertz CT molecular complexity index is 414. The molecule has 2 heteroatoms. The number of rotatable bonds is 7. The summed E-state index contributed by atoms with van der Waals surface area (Å²) in [6.45, 7) is 18.3. The van der Waals surface area contributed by atoms with E-state index < -0.39 is 0 Å². The fraction of sp³-hybridized carbons (Fsp3) is 0.850. The maximum atomic E-state index is 12.7. The van der Waals surface area contributed by atoms with Crippen molar-refractivity contribution >= 4 is 5.91 Å². The lowest BCUT2D eigenvalue weighted by molar-refractivity contribution is -0.140. The number of hydrogen-bond donors (Lipinski definition) is 0. The molecule has 0 bridgehead atoms. The average molecular weight is 308 g/mol. The van der Waals surface area contributed by atoms with Crippen molar-refractivity contribution in [3.63, 3.8) is 0 Å². The molecular formula is C20H37NO. The molecular weight excluding hydrogens is 270 g/mol. The van der Waals surface area contributed by atoms with Crippen molar-refractivity contribution in [2.24, 2.45) is 17.3 Å². The molecule has 2 nitrogen and oxygen atoms in total. The van der Waals surface area contributed by atoms with Crippen LogP contribution in [0.1, 0.15) is 81.1 Å². The van der Waals surface area contributed by atoms with Gasteiger partial charge in [-0.25, -0.2) is 0 Å². The van der Waals surface area contributed by atoms with E-state index in [1.54, 1.807) is 0 Å². The second-order valence-electron chi connectivity index (χ2n) is 8.80. The first kappa shape index (κ1) is 19.3. The van der Waals surface area contributed by atoms with Crippen LogP contribution in [0.25, 0.3) is 0 Å². The highest BCUT2D eigenvalue weighted by Crippen LogP contribution is 2.56. The summed E-state index contributed by atoms with van der Waals surface area (Å²) in [5.41, 5.74) is 1.76. The molecule has 0 aliphatic heterocycles. The van der Waals surface area contributed by atoms with Crippen LogP contribution < -0.4 is 0 Å². The summed E-state index contributed by atoms with van der Waals surface area (Å²) in [5, 5.41) is 0. The molecule has 1 aliphatic carbocycles. The van der Waals surface area contributed by atoms with Crippen molar-refractivity contribution in [1.82, 2.24) is 4.90 Å². The molecule has 1 aliphatic rings. The predicted octanol–water partition coefficient (Wildman–Crippen LogP) is 5.43. The highest BCUT2D eigenvalue weighted by molar-refractivity contribution is 5.79. The van der Waals surface area contributed by atoms with E-state index in [1.165, 1.54) is 24.8 Å². The normalized spacial score (nSPS) is 25.5. The molecule has 0 radical (unpaired) electrons. The van der Waals surface area contributed by atoms with Crippen LogP contribution in [0.5, 0.6) is 0 Å². The molecule has 0 heterocycles. The van der Waals surface area contributed by atoms with Gasteiger partial charge in [0.05, 0.1) is 0 Å². The summed E-state index contributed by atoms with van der Waals surface area (Å²) in [5.74, 6) is 1.13. The third kappa shape index (κ3) is 5.14. The Balaban J connectivity index is 2.66. The van der Waals surface area contributed by atoms with E-state index in [0.29, 0.717) is 17.2 Å². The Hall–Kier alpha value is -0.790. The molecule has 0 N–H and O–H groups in total. The molecule has 0 saturated heterocycles. The summed E-state index contributed by atoms with van der Waals surface area (Å²) in [4.78, 5) is 14.9. The van der Waals surface area contributed by atoms with Gasteiger partial charge in [0.25, 0.3) is 0 Å². The molecule has 1 fully saturated rings. The van der Waals surface area contributed by atoms with Crippen molar-refractivity contribution in [2.45, 2.75) is 86.6 Å². The molecule has 3 unspecified atom stereocenters. The minimum Gasteiger partial charge on any atom is -0.337 e. The predicted molar refractivity (Wildman–Crippen MR) is 95.8 cm³/mol. The summed E-state index contributed by atoms with van der Waals surface area (Å²) in [6.07, 6.45) is 6.95. The molecule has 22 heavy (non-hydrogen) atoms. The average Bonchev–Trinajstić information content (AvgIpc) is 3.03. The highest BCUT2D eigenvalue weighted by Gasteiger charge is 2.50. The summed E-state index contributed by atoms with van der Waals surface area (Å²) in [6, 6.07) is 0. The van der Waals surface area contributed by atoms with E-state index in [-0.39, 0.29) is 11.5 Å². The standard InChI is InChI=1S/C20H37NO/c1-9-16(4)18(22)21(19(5,6)7)14-17-13-20(17,8)12-10-11-15(2)3/h11,16-17H,9-10,12-14H2,1-8H3. The second kappa shape index (κ2) is 7.19. The van der Waals surface area contributed by atoms with E-state index in [1.807, 2.05) is 0 Å². The van der Waals surface area contributed by atoms with Crippen LogP contribution in [0.4, 0.5) is 0 Å². The first-order valence-electron chi connectivity index (χ1n) is 8.96. The maximum absolute atomic E-state index is 12.7. The number of nitrogens with zero attached hydrogens (tertiary/aromatic N) is 1. The Morgan fingerprint density at radius 1 is 1.36 bits per heavy atom. The lowest BCUT2D eigenvalue weighted by Crippen LogP contribution is -2.49. The quantitative estimate of drug-likeness (QED) is 0.574. The van der Waals surface area contributed by atoms with Crippen LogP contribution in [0.2, 0.25) is 0 Å². The van der Waals surface area contributed by atoms with Crippen LogP contribution in [0.3, 0.4) is 0 Å². The summed E-state index contributed by atoms with van der Waals surface area (Å²) >= 11 is 0. The Morgan fingerprint density at radius 2 is 1.95 bits per heavy atom. The molecule has 3 atom stereocenters. The highest BCUT2D eigenvalue weighted by atomic mass is 16.2. The monoisotopic (exact) mass is 307 g/mol. The minimum atomic E-state index is -0.0794. The molecule has 1 saturated carbocycles. The lowest BCUT2D eigenvalue weighted by atomic mass is 9.96. The Labute approximate surface area is 138 Å². The van der Waals surface area contributed by atoms with E-state index in [2.05, 4.69) is 66.4 Å². The molecule has 0 spiro atoms. The zero-order valence-electron chi connectivity index (χ0n) is 16.1. The van der Waals surface area contributed by atoms with Gasteiger partial charge in [0.15, 0.2) is 0 Å². The molecule has 0 aromatic rings. The maximum Gasteiger partial charge on any atom is 0.225 e. The molecule has 0 aromatic heterocycles. The third-order valence-corrected chi connectivity index (χ3v) is 5.32. The zero-order chi connectivity index (χ0) is 17.1. The molecule has 1 rings (SSSR count). The van der Waals surface area contributed by atoms with Gasteiger partial charge >= 0.3 is 0 Å². The van der Waals surface area contributed by atoms with Gasteiger partial charge in [0.2, 0.25) is 5.91 Å². The van der Waals surface area contributed by atoms with Gasteiger partial charge in [-0.15, -0.1) is 0 Å². The number of carbonyl (C=O) groups is 1. The number of amides is 1. The largest absolute Gasteiger partial charge is 0.337 e. The van der Waals surface area contributed by atoms with Gasteiger partial charge in [0, 0.05) is 18.0 Å². The minimum absolute atomic E-state index is 0.0794. The van der Waals surface area contributed by atoms with Crippen molar-refractivity contribution in [3.8, 4) is 0 Å². The van der Waals surface area contributed by atoms with Crippen LogP contribution in [0.15, 0.2) is 11.6 Å². The van der Waals surface area contributed by atoms with E-state index in [0.717, 1.165) is 13.0 Å². The van der Waals surface area contributed by atoms with Gasteiger partial charge in [-0.3, -0.25) is 4.79 Å². The SMILES string of the molecule is CCC(C)C(=O)N(CC1CC1(C)CCC=C(C)C)C(C)(C)C. The van der Waals surface area contributed by atoms with Gasteiger partial charge in [-0.1, -0.05) is 32.4 Å². The van der Waals surface area contributed by atoms with Gasteiger partial charge in [0.1, 0.15) is 0 Å². The topological polar surface area (TPSA) is 20.3 Å². The van der Waals surface area contributed by atoms with E-state index in [4.69, 9.17) is 0 Å². The fourth-order valence-electron chi connectivity index (χ4n) is 3.14. The van der Waals surface area contributed by atoms with Crippen LogP contribution in [0, 0.1) is 17.3 Å². The molecule has 128 valence electrons. The van der Waals surface area contributed by atoms with E-state index in [9.17, 15) is 4.79 Å². The number of allylic oxidation sites excluding steroid dienone is 2. The summed E-state index contributed by atoms with van der Waals surface area (Å²) in [7, 11) is 0. The number of hydrogen-bond acceptors (Lipinski definition) is 1. The number of carbonyl (C=O) groups excluding carboxylic acids is 1. The third-order valence-electron chi connectivity index (χ3n) is 5.32. The van der Waals surface area contributed by atoms with Crippen molar-refractivity contribution < 1.29 is 4.79 Å². The Kier molecular flexibility index (Phi) is 6.29. The van der Waals surface area contributed by atoms with Crippen LogP contribution in [-0.4, -0.2) is 22.9 Å². The van der Waals surface area contributed by atoms with Crippen molar-refractivity contribution in [1.29, 1.82) is 0 Å². The zero-order valence-corrected chi connectivity index (χ0v) is 16.1. The van der Waals surface area contributed by atoms with Crippen LogP contribution >= 0.6 is 0 Å². The first-order valence-corrected chi connectivity index (χ1v) is 8.96. The van der Waals surface area contributed by atoms with Gasteiger partial charge < -0.3 is 4.90 Å². The fourth-order valence-corrected chi connectivity index (χ4v) is 3.14. The molecule has 1 amide bonds. The summed E-state index contributed by atoms with van der Waals surface area (Å²) < 4.78 is 0. The second-order valence-corrected chi connectivity index (χ2v) is 8.80. The molecule has 0 aromatic carbocycles.